The fourth-order valence-electron chi connectivity index (χ4n) is 2.23. The average Bonchev–Trinajstić information content (AvgIpc) is 2.46. The van der Waals surface area contributed by atoms with Crippen LogP contribution in [0.2, 0.25) is 0 Å². The maximum Gasteiger partial charge on any atom is 0.146 e. The number of halogens is 1. The first-order valence-corrected chi connectivity index (χ1v) is 6.95. The summed E-state index contributed by atoms with van der Waals surface area (Å²) >= 11 is 0. The Bertz CT molecular complexity index is 552. The van der Waals surface area contributed by atoms with E-state index in [0.717, 1.165) is 12.1 Å². The molecule has 3 heteroatoms. The maximum absolute atomic E-state index is 14.3. The zero-order valence-electron chi connectivity index (χ0n) is 12.0. The Morgan fingerprint density at radius 3 is 2.40 bits per heavy atom. The van der Waals surface area contributed by atoms with Crippen molar-refractivity contribution in [1.82, 2.24) is 0 Å². The van der Waals surface area contributed by atoms with Crippen LogP contribution in [0, 0.1) is 5.82 Å². The first-order valence-electron chi connectivity index (χ1n) is 6.95. The molecule has 0 aromatic heterocycles. The molecule has 20 heavy (non-hydrogen) atoms. The Hall–Kier alpha value is -1.87. The lowest BCUT2D eigenvalue weighted by Crippen LogP contribution is -2.23. The number of anilines is 1. The van der Waals surface area contributed by atoms with Crippen molar-refractivity contribution < 1.29 is 4.39 Å². The Labute approximate surface area is 120 Å². The third-order valence-electron chi connectivity index (χ3n) is 3.44. The van der Waals surface area contributed by atoms with Crippen LogP contribution in [0.15, 0.2) is 48.5 Å². The van der Waals surface area contributed by atoms with E-state index < -0.39 is 0 Å². The molecule has 106 valence electrons. The van der Waals surface area contributed by atoms with Crippen molar-refractivity contribution in [3.05, 3.63) is 65.5 Å². The molecule has 2 aromatic carbocycles. The molecule has 0 bridgehead atoms. The van der Waals surface area contributed by atoms with Crippen LogP contribution >= 0.6 is 0 Å². The lowest BCUT2D eigenvalue weighted by molar-refractivity contribution is 0.613. The van der Waals surface area contributed by atoms with Crippen LogP contribution in [0.1, 0.15) is 31.0 Å². The maximum atomic E-state index is 14.3. The van der Waals surface area contributed by atoms with Crippen LogP contribution in [0.3, 0.4) is 0 Å². The van der Waals surface area contributed by atoms with Crippen molar-refractivity contribution in [3.8, 4) is 0 Å². The molecule has 0 spiro atoms. The van der Waals surface area contributed by atoms with E-state index in [1.165, 1.54) is 11.6 Å². The van der Waals surface area contributed by atoms with Crippen LogP contribution in [0.25, 0.3) is 0 Å². The topological polar surface area (TPSA) is 29.3 Å². The van der Waals surface area contributed by atoms with Gasteiger partial charge in [0, 0.05) is 19.1 Å². The van der Waals surface area contributed by atoms with Gasteiger partial charge in [0.05, 0.1) is 5.69 Å². The van der Waals surface area contributed by atoms with E-state index >= 15 is 0 Å². The number of rotatable bonds is 5. The number of hydrogen-bond donors (Lipinski definition) is 1. The molecule has 0 aliphatic rings. The first-order chi connectivity index (χ1) is 9.61. The minimum Gasteiger partial charge on any atom is -0.365 e. The zero-order chi connectivity index (χ0) is 14.5. The summed E-state index contributed by atoms with van der Waals surface area (Å²) in [5.74, 6) is -0.211. The molecular weight excluding hydrogens is 251 g/mol. The number of hydrogen-bond acceptors (Lipinski definition) is 2. The molecule has 0 unspecified atom stereocenters. The molecule has 0 amide bonds. The van der Waals surface area contributed by atoms with Crippen molar-refractivity contribution in [3.63, 3.8) is 0 Å². The third kappa shape index (κ3) is 3.36. The second kappa shape index (κ2) is 6.53. The quantitative estimate of drug-likeness (QED) is 0.895. The first kappa shape index (κ1) is 14.5. The van der Waals surface area contributed by atoms with Gasteiger partial charge in [-0.1, -0.05) is 36.4 Å². The molecule has 1 atom stereocenters. The Morgan fingerprint density at radius 2 is 1.85 bits per heavy atom. The normalized spacial score (nSPS) is 12.2. The van der Waals surface area contributed by atoms with Gasteiger partial charge in [0.25, 0.3) is 0 Å². The van der Waals surface area contributed by atoms with Crippen LogP contribution in [-0.4, -0.2) is 6.54 Å². The fraction of sp³-hybridized carbons (Fsp3) is 0.294. The second-order valence-corrected chi connectivity index (χ2v) is 5.00. The van der Waals surface area contributed by atoms with Crippen molar-refractivity contribution in [2.45, 2.75) is 26.4 Å². The fourth-order valence-corrected chi connectivity index (χ4v) is 2.23. The summed E-state index contributed by atoms with van der Waals surface area (Å²) < 4.78 is 14.3. The average molecular weight is 272 g/mol. The van der Waals surface area contributed by atoms with Gasteiger partial charge in [-0.25, -0.2) is 4.39 Å². The highest BCUT2D eigenvalue weighted by Gasteiger charge is 2.12. The summed E-state index contributed by atoms with van der Waals surface area (Å²) in [6, 6.07) is 15.2. The lowest BCUT2D eigenvalue weighted by Gasteiger charge is -2.24. The van der Waals surface area contributed by atoms with Gasteiger partial charge >= 0.3 is 0 Å². The molecule has 2 aromatic rings. The van der Waals surface area contributed by atoms with Crippen LogP contribution < -0.4 is 10.6 Å². The lowest BCUT2D eigenvalue weighted by atomic mass is 10.1. The molecular formula is C17H21FN2. The van der Waals surface area contributed by atoms with Crippen molar-refractivity contribution >= 4 is 5.69 Å². The smallest absolute Gasteiger partial charge is 0.146 e. The van der Waals surface area contributed by atoms with Crippen molar-refractivity contribution in [1.29, 1.82) is 0 Å². The van der Waals surface area contributed by atoms with Crippen molar-refractivity contribution in [2.75, 3.05) is 11.4 Å². The van der Waals surface area contributed by atoms with Gasteiger partial charge in [0.1, 0.15) is 5.82 Å². The molecule has 0 aliphatic heterocycles. The number of nitrogens with two attached hydrogens (primary N) is 1. The third-order valence-corrected chi connectivity index (χ3v) is 3.44. The van der Waals surface area contributed by atoms with Gasteiger partial charge in [-0.2, -0.15) is 0 Å². The summed E-state index contributed by atoms with van der Waals surface area (Å²) in [6.07, 6.45) is 0. The van der Waals surface area contributed by atoms with E-state index in [1.807, 2.05) is 49.1 Å². The molecule has 0 saturated heterocycles. The molecule has 0 heterocycles. The van der Waals surface area contributed by atoms with Gasteiger partial charge in [-0.15, -0.1) is 0 Å². The Kier molecular flexibility index (Phi) is 4.74. The molecule has 2 rings (SSSR count). The molecule has 2 nitrogen and oxygen atoms in total. The molecule has 0 fully saturated rings. The van der Waals surface area contributed by atoms with E-state index in [-0.39, 0.29) is 11.9 Å². The van der Waals surface area contributed by atoms with Crippen LogP contribution in [-0.2, 0) is 6.54 Å². The highest BCUT2D eigenvalue weighted by molar-refractivity contribution is 5.50. The largest absolute Gasteiger partial charge is 0.365 e. The van der Waals surface area contributed by atoms with Gasteiger partial charge in [-0.05, 0) is 37.1 Å². The van der Waals surface area contributed by atoms with Gasteiger partial charge in [0.15, 0.2) is 0 Å². The van der Waals surface area contributed by atoms with Crippen molar-refractivity contribution in [2.24, 2.45) is 5.73 Å². The second-order valence-electron chi connectivity index (χ2n) is 5.00. The van der Waals surface area contributed by atoms with E-state index in [2.05, 4.69) is 12.1 Å². The molecule has 0 radical (unpaired) electrons. The SMILES string of the molecule is CCN(Cc1ccccc1)c1ccc([C@@H](C)N)cc1F. The predicted molar refractivity (Wildman–Crippen MR) is 82.2 cm³/mol. The zero-order valence-corrected chi connectivity index (χ0v) is 12.0. The van der Waals surface area contributed by atoms with Gasteiger partial charge in [-0.3, -0.25) is 0 Å². The Morgan fingerprint density at radius 1 is 1.15 bits per heavy atom. The molecule has 0 aliphatic carbocycles. The van der Waals surface area contributed by atoms with E-state index in [1.54, 1.807) is 0 Å². The number of benzene rings is 2. The molecule has 2 N–H and O–H groups in total. The minimum absolute atomic E-state index is 0.150. The van der Waals surface area contributed by atoms with E-state index in [4.69, 9.17) is 5.73 Å². The minimum atomic E-state index is -0.211. The van der Waals surface area contributed by atoms with E-state index in [0.29, 0.717) is 12.2 Å². The Balaban J connectivity index is 2.23. The predicted octanol–water partition coefficient (Wildman–Crippen LogP) is 3.87. The summed E-state index contributed by atoms with van der Waals surface area (Å²) in [5.41, 5.74) is 8.40. The standard InChI is InChI=1S/C17H21FN2/c1-3-20(12-14-7-5-4-6-8-14)17-10-9-15(13(2)19)11-16(17)18/h4-11,13H,3,12,19H2,1-2H3/t13-/m1/s1. The van der Waals surface area contributed by atoms with Gasteiger partial charge < -0.3 is 10.6 Å². The summed E-state index contributed by atoms with van der Waals surface area (Å²) in [5, 5.41) is 0. The summed E-state index contributed by atoms with van der Waals surface area (Å²) in [4.78, 5) is 2.02. The highest BCUT2D eigenvalue weighted by Crippen LogP contribution is 2.24. The van der Waals surface area contributed by atoms with E-state index in [9.17, 15) is 4.39 Å². The molecule has 0 saturated carbocycles. The van der Waals surface area contributed by atoms with Crippen LogP contribution in [0.5, 0.6) is 0 Å². The summed E-state index contributed by atoms with van der Waals surface area (Å²) in [7, 11) is 0. The highest BCUT2D eigenvalue weighted by atomic mass is 19.1. The monoisotopic (exact) mass is 272 g/mol. The number of nitrogens with zero attached hydrogens (tertiary/aromatic N) is 1. The summed E-state index contributed by atoms with van der Waals surface area (Å²) in [6.45, 7) is 5.34. The van der Waals surface area contributed by atoms with Crippen LogP contribution in [0.4, 0.5) is 10.1 Å². The van der Waals surface area contributed by atoms with Gasteiger partial charge in [0.2, 0.25) is 0 Å².